The summed E-state index contributed by atoms with van der Waals surface area (Å²) in [6.45, 7) is 4.72. The van der Waals surface area contributed by atoms with Crippen LogP contribution in [0.3, 0.4) is 0 Å². The first-order valence-electron chi connectivity index (χ1n) is 9.99. The molecule has 0 heterocycles. The number of ketones is 4. The van der Waals surface area contributed by atoms with Crippen molar-refractivity contribution in [3.63, 3.8) is 0 Å². The summed E-state index contributed by atoms with van der Waals surface area (Å²) in [5, 5.41) is 0. The van der Waals surface area contributed by atoms with Crippen molar-refractivity contribution in [3.8, 4) is 0 Å². The Morgan fingerprint density at radius 1 is 0.600 bits per heavy atom. The number of Topliss-reactive ketones (excluding diaryl/α,β-unsaturated/α-hetero) is 4. The average molecular weight is 413 g/mol. The Morgan fingerprint density at radius 3 is 1.13 bits per heavy atom. The van der Waals surface area contributed by atoms with Gasteiger partial charge in [-0.1, -0.05) is 74.5 Å². The molecule has 4 N–H and O–H groups in total. The second-order valence-corrected chi connectivity index (χ2v) is 6.29. The maximum Gasteiger partial charge on any atom is 0.170 e. The molecule has 0 radical (unpaired) electrons. The van der Waals surface area contributed by atoms with Crippen LogP contribution in [0.2, 0.25) is 0 Å². The van der Waals surface area contributed by atoms with Crippen molar-refractivity contribution in [1.82, 2.24) is 0 Å². The number of rotatable bonds is 9. The molecule has 0 aromatic heterocycles. The van der Waals surface area contributed by atoms with Crippen LogP contribution in [-0.4, -0.2) is 36.2 Å². The average Bonchev–Trinajstić information content (AvgIpc) is 2.80. The molecule has 0 saturated carbocycles. The predicted molar refractivity (Wildman–Crippen MR) is 119 cm³/mol. The van der Waals surface area contributed by atoms with Crippen LogP contribution < -0.4 is 11.5 Å². The molecular weight excluding hydrogens is 380 g/mol. The third kappa shape index (κ3) is 12.5. The Labute approximate surface area is 178 Å². The molecule has 0 aliphatic carbocycles. The molecular formula is C24H32N2O4. The van der Waals surface area contributed by atoms with E-state index in [0.717, 1.165) is 0 Å². The van der Waals surface area contributed by atoms with Crippen molar-refractivity contribution in [1.29, 1.82) is 0 Å². The van der Waals surface area contributed by atoms with E-state index in [9.17, 15) is 19.2 Å². The molecule has 0 aliphatic heterocycles. The van der Waals surface area contributed by atoms with Gasteiger partial charge in [0.15, 0.2) is 11.6 Å². The number of hydrogen-bond acceptors (Lipinski definition) is 6. The Bertz CT molecular complexity index is 707. The minimum atomic E-state index is -0.0903. The summed E-state index contributed by atoms with van der Waals surface area (Å²) in [5.41, 5.74) is 11.0. The third-order valence-corrected chi connectivity index (χ3v) is 3.86. The number of carbonyl (C=O) groups is 4. The first-order chi connectivity index (χ1) is 14.4. The van der Waals surface area contributed by atoms with Gasteiger partial charge >= 0.3 is 0 Å². The molecule has 0 unspecified atom stereocenters. The van der Waals surface area contributed by atoms with Crippen LogP contribution in [-0.2, 0) is 9.59 Å². The molecule has 0 aliphatic rings. The molecule has 2 rings (SSSR count). The van der Waals surface area contributed by atoms with Crippen LogP contribution in [0.25, 0.3) is 0 Å². The molecule has 0 atom stereocenters. The van der Waals surface area contributed by atoms with Gasteiger partial charge in [0.05, 0.1) is 12.8 Å². The zero-order valence-electron chi connectivity index (χ0n) is 17.8. The van der Waals surface area contributed by atoms with Gasteiger partial charge in [0.1, 0.15) is 11.6 Å². The lowest BCUT2D eigenvalue weighted by molar-refractivity contribution is -0.118. The van der Waals surface area contributed by atoms with E-state index < -0.39 is 0 Å². The van der Waals surface area contributed by atoms with Gasteiger partial charge in [-0.2, -0.15) is 0 Å². The van der Waals surface area contributed by atoms with Crippen molar-refractivity contribution in [3.05, 3.63) is 71.8 Å². The fraction of sp³-hybridized carbons (Fsp3) is 0.333. The zero-order chi connectivity index (χ0) is 22.8. The monoisotopic (exact) mass is 412 g/mol. The summed E-state index contributed by atoms with van der Waals surface area (Å²) in [7, 11) is 0. The molecule has 162 valence electrons. The van der Waals surface area contributed by atoms with Crippen LogP contribution in [0.5, 0.6) is 0 Å². The van der Waals surface area contributed by atoms with E-state index in [1.54, 1.807) is 62.4 Å². The molecule has 0 bridgehead atoms. The highest BCUT2D eigenvalue weighted by Gasteiger charge is 2.09. The van der Waals surface area contributed by atoms with Gasteiger partial charge in [-0.3, -0.25) is 19.2 Å². The fourth-order valence-corrected chi connectivity index (χ4v) is 2.06. The largest absolute Gasteiger partial charge is 0.329 e. The van der Waals surface area contributed by atoms with E-state index in [4.69, 9.17) is 11.5 Å². The van der Waals surface area contributed by atoms with Gasteiger partial charge in [0.2, 0.25) is 0 Å². The second-order valence-electron chi connectivity index (χ2n) is 6.29. The van der Waals surface area contributed by atoms with Crippen molar-refractivity contribution in [2.45, 2.75) is 39.5 Å². The van der Waals surface area contributed by atoms with Gasteiger partial charge in [-0.25, -0.2) is 0 Å². The van der Waals surface area contributed by atoms with Crippen molar-refractivity contribution >= 4 is 23.1 Å². The Balaban J connectivity index is 0.000000477. The molecule has 30 heavy (non-hydrogen) atoms. The maximum atomic E-state index is 11.4. The molecule has 2 aromatic carbocycles. The van der Waals surface area contributed by atoms with E-state index in [0.29, 0.717) is 37.1 Å². The number of hydrogen-bond donors (Lipinski definition) is 2. The van der Waals surface area contributed by atoms with Crippen LogP contribution in [0.1, 0.15) is 60.2 Å². The van der Waals surface area contributed by atoms with Gasteiger partial charge in [-0.15, -0.1) is 0 Å². The highest BCUT2D eigenvalue weighted by atomic mass is 16.2. The summed E-state index contributed by atoms with van der Waals surface area (Å²) in [4.78, 5) is 44.7. The van der Waals surface area contributed by atoms with E-state index in [-0.39, 0.29) is 36.0 Å². The van der Waals surface area contributed by atoms with Crippen molar-refractivity contribution in [2.75, 3.05) is 13.1 Å². The smallest absolute Gasteiger partial charge is 0.170 e. The Morgan fingerprint density at radius 2 is 0.900 bits per heavy atom. The summed E-state index contributed by atoms with van der Waals surface area (Å²) in [6.07, 6.45) is 0.915. The quantitative estimate of drug-likeness (QED) is 0.481. The minimum Gasteiger partial charge on any atom is -0.329 e. The van der Waals surface area contributed by atoms with Crippen LogP contribution in [0.15, 0.2) is 60.7 Å². The third-order valence-electron chi connectivity index (χ3n) is 3.86. The van der Waals surface area contributed by atoms with Crippen LogP contribution >= 0.6 is 0 Å². The number of benzene rings is 2. The van der Waals surface area contributed by atoms with E-state index in [1.807, 2.05) is 12.1 Å². The summed E-state index contributed by atoms with van der Waals surface area (Å²) in [5.74, 6) is -0.192. The van der Waals surface area contributed by atoms with Crippen molar-refractivity contribution in [2.24, 2.45) is 11.5 Å². The fourth-order valence-electron chi connectivity index (χ4n) is 2.06. The lowest BCUT2D eigenvalue weighted by Crippen LogP contribution is -2.11. The molecule has 6 heteroatoms. The van der Waals surface area contributed by atoms with E-state index >= 15 is 0 Å². The van der Waals surface area contributed by atoms with E-state index in [2.05, 4.69) is 0 Å². The molecule has 0 fully saturated rings. The highest BCUT2D eigenvalue weighted by Crippen LogP contribution is 2.05. The van der Waals surface area contributed by atoms with Gasteiger partial charge in [0, 0.05) is 37.1 Å². The molecule has 6 nitrogen and oxygen atoms in total. The lowest BCUT2D eigenvalue weighted by Gasteiger charge is -1.97. The standard InChI is InChI=1S/2C11H12O2.C2H8N2/c2*1-2-10(12)8-11(13)9-6-4-3-5-7-9;3-1-2-4/h2*3-7H,2,8H2,1H3;1-4H2. The van der Waals surface area contributed by atoms with E-state index in [1.165, 1.54) is 0 Å². The highest BCUT2D eigenvalue weighted by molar-refractivity contribution is 6.08. The first-order valence-corrected chi connectivity index (χ1v) is 9.99. The van der Waals surface area contributed by atoms with Crippen LogP contribution in [0.4, 0.5) is 0 Å². The number of carbonyl (C=O) groups excluding carboxylic acids is 4. The van der Waals surface area contributed by atoms with Crippen LogP contribution in [0, 0.1) is 0 Å². The first kappa shape index (κ1) is 27.0. The second kappa shape index (κ2) is 16.9. The predicted octanol–water partition coefficient (Wildman–Crippen LogP) is 3.38. The summed E-state index contributed by atoms with van der Waals surface area (Å²) in [6, 6.07) is 17.8. The number of nitrogens with two attached hydrogens (primary N) is 2. The van der Waals surface area contributed by atoms with Gasteiger partial charge in [-0.05, 0) is 0 Å². The van der Waals surface area contributed by atoms with Crippen molar-refractivity contribution < 1.29 is 19.2 Å². The van der Waals surface area contributed by atoms with Gasteiger partial charge in [0.25, 0.3) is 0 Å². The SMILES string of the molecule is CCC(=O)CC(=O)c1ccccc1.CCC(=O)CC(=O)c1ccccc1.NCCN. The maximum absolute atomic E-state index is 11.4. The Hall–Kier alpha value is -2.96. The summed E-state index contributed by atoms with van der Waals surface area (Å²) < 4.78 is 0. The molecule has 2 aromatic rings. The molecule has 0 spiro atoms. The Kier molecular flexibility index (Phi) is 15.3. The molecule has 0 amide bonds. The lowest BCUT2D eigenvalue weighted by atomic mass is 10.1. The molecule has 0 saturated heterocycles. The normalized spacial score (nSPS) is 9.33. The topological polar surface area (TPSA) is 120 Å². The van der Waals surface area contributed by atoms with Gasteiger partial charge < -0.3 is 11.5 Å². The minimum absolute atomic E-state index is 0.00569. The zero-order valence-corrected chi connectivity index (χ0v) is 17.8. The summed E-state index contributed by atoms with van der Waals surface area (Å²) >= 11 is 0.